The third kappa shape index (κ3) is 10.6. The lowest BCUT2D eigenvalue weighted by Gasteiger charge is -2.45. The number of benzene rings is 1. The number of unbranched alkanes of at least 4 members (excludes halogenated alkanes) is 7. The molecule has 0 aliphatic heterocycles. The van der Waals surface area contributed by atoms with Crippen molar-refractivity contribution in [2.24, 2.45) is 5.73 Å². The highest BCUT2D eigenvalue weighted by Crippen LogP contribution is 2.31. The van der Waals surface area contributed by atoms with Gasteiger partial charge in [0.05, 0.1) is 5.54 Å². The first-order chi connectivity index (χ1) is 13.8. The molecule has 172 valence electrons. The van der Waals surface area contributed by atoms with Crippen LogP contribution >= 0.6 is 12.4 Å². The fraction of sp³-hybridized carbons (Fsp3) is 0.654. The number of nitrogens with one attached hydrogen (secondary N) is 1. The molecular formula is C26H45ClN2O. The fourth-order valence-electron chi connectivity index (χ4n) is 4.06. The lowest BCUT2D eigenvalue weighted by Crippen LogP contribution is -2.65. The molecular weight excluding hydrogens is 392 g/mol. The summed E-state index contributed by atoms with van der Waals surface area (Å²) >= 11 is 0. The number of carbonyl (C=O) groups is 1. The Morgan fingerprint density at radius 3 is 2.00 bits per heavy atom. The minimum absolute atomic E-state index is 0. The van der Waals surface area contributed by atoms with Gasteiger partial charge in [0.15, 0.2) is 0 Å². The van der Waals surface area contributed by atoms with E-state index in [-0.39, 0.29) is 23.9 Å². The van der Waals surface area contributed by atoms with Crippen molar-refractivity contribution in [2.75, 3.05) is 0 Å². The summed E-state index contributed by atoms with van der Waals surface area (Å²) in [4.78, 5) is 12.7. The predicted molar refractivity (Wildman–Crippen MR) is 134 cm³/mol. The lowest BCUT2D eigenvalue weighted by atomic mass is 9.73. The molecule has 3 N–H and O–H groups in total. The number of carbonyl (C=O) groups excluding carboxylic acids is 1. The summed E-state index contributed by atoms with van der Waals surface area (Å²) in [6, 6.07) is 9.92. The molecule has 0 fully saturated rings. The van der Waals surface area contributed by atoms with Gasteiger partial charge >= 0.3 is 0 Å². The Morgan fingerprint density at radius 2 is 1.47 bits per heavy atom. The third-order valence-corrected chi connectivity index (χ3v) is 5.96. The van der Waals surface area contributed by atoms with E-state index in [4.69, 9.17) is 5.73 Å². The van der Waals surface area contributed by atoms with Crippen molar-refractivity contribution in [2.45, 2.75) is 109 Å². The Hall–Kier alpha value is -1.32. The first-order valence-electron chi connectivity index (χ1n) is 11.7. The predicted octanol–water partition coefficient (Wildman–Crippen LogP) is 7.04. The first kappa shape index (κ1) is 28.7. The summed E-state index contributed by atoms with van der Waals surface area (Å²) in [5, 5.41) is 3.31. The molecule has 1 aromatic carbocycles. The normalized spacial score (nSPS) is 13.6. The summed E-state index contributed by atoms with van der Waals surface area (Å²) in [6.07, 6.45) is 16.6. The number of nitrogens with two attached hydrogens (primary N) is 1. The third-order valence-electron chi connectivity index (χ3n) is 5.96. The highest BCUT2D eigenvalue weighted by atomic mass is 35.5. The van der Waals surface area contributed by atoms with Gasteiger partial charge in [-0.1, -0.05) is 102 Å². The van der Waals surface area contributed by atoms with Crippen molar-refractivity contribution in [3.63, 3.8) is 0 Å². The van der Waals surface area contributed by atoms with Crippen molar-refractivity contribution in [3.8, 4) is 0 Å². The topological polar surface area (TPSA) is 55.1 Å². The number of hydrogen-bond acceptors (Lipinski definition) is 2. The van der Waals surface area contributed by atoms with Gasteiger partial charge in [0.2, 0.25) is 5.91 Å². The van der Waals surface area contributed by atoms with Crippen molar-refractivity contribution in [1.29, 1.82) is 0 Å². The zero-order chi connectivity index (χ0) is 21.6. The van der Waals surface area contributed by atoms with Crippen LogP contribution in [0.25, 0.3) is 6.08 Å². The Labute approximate surface area is 191 Å². The minimum atomic E-state index is -0.472. The minimum Gasteiger partial charge on any atom is -0.345 e. The van der Waals surface area contributed by atoms with E-state index in [0.717, 1.165) is 31.2 Å². The van der Waals surface area contributed by atoms with Crippen LogP contribution in [-0.2, 0) is 4.79 Å². The van der Waals surface area contributed by atoms with Crippen LogP contribution in [0, 0.1) is 0 Å². The summed E-state index contributed by atoms with van der Waals surface area (Å²) in [5.74, 6) is -0.0552. The van der Waals surface area contributed by atoms with Crippen LogP contribution in [0.2, 0.25) is 0 Å². The molecule has 4 heteroatoms. The van der Waals surface area contributed by atoms with E-state index >= 15 is 0 Å². The monoisotopic (exact) mass is 436 g/mol. The van der Waals surface area contributed by atoms with E-state index in [1.165, 1.54) is 44.9 Å². The van der Waals surface area contributed by atoms with Gasteiger partial charge in [0.1, 0.15) is 0 Å². The molecule has 0 spiro atoms. The smallest absolute Gasteiger partial charge is 0.244 e. The molecule has 0 aliphatic rings. The summed E-state index contributed by atoms with van der Waals surface area (Å²) < 4.78 is 0. The molecule has 1 amide bonds. The second-order valence-electron chi connectivity index (χ2n) is 9.01. The standard InChI is InChI=1S/C26H44N2O.ClH/c1-5-7-8-9-10-11-12-16-22-26(21-6-2,25(3,4)27)28-24(29)20-19-23-17-14-13-15-18-23;/h13-15,17-20H,5-12,16,21-22,27H2,1-4H3,(H,28,29);1H. The van der Waals surface area contributed by atoms with Crippen LogP contribution in [0.1, 0.15) is 104 Å². The molecule has 0 radical (unpaired) electrons. The van der Waals surface area contributed by atoms with Gasteiger partial charge in [-0.15, -0.1) is 12.4 Å². The zero-order valence-corrected chi connectivity index (χ0v) is 20.5. The molecule has 1 unspecified atom stereocenters. The van der Waals surface area contributed by atoms with Gasteiger partial charge in [-0.25, -0.2) is 0 Å². The second-order valence-corrected chi connectivity index (χ2v) is 9.01. The Kier molecular flexibility index (Phi) is 14.8. The maximum Gasteiger partial charge on any atom is 0.244 e. The number of hydrogen-bond donors (Lipinski definition) is 2. The highest BCUT2D eigenvalue weighted by Gasteiger charge is 2.42. The molecule has 0 saturated heterocycles. The molecule has 1 aromatic rings. The van der Waals surface area contributed by atoms with Crippen LogP contribution in [0.5, 0.6) is 0 Å². The average Bonchev–Trinajstić information content (AvgIpc) is 2.68. The maximum atomic E-state index is 12.7. The van der Waals surface area contributed by atoms with Gasteiger partial charge in [-0.3, -0.25) is 4.79 Å². The van der Waals surface area contributed by atoms with Crippen molar-refractivity contribution < 1.29 is 4.79 Å². The summed E-state index contributed by atoms with van der Waals surface area (Å²) in [7, 11) is 0. The van der Waals surface area contributed by atoms with Crippen molar-refractivity contribution in [1.82, 2.24) is 5.32 Å². The Bertz CT molecular complexity index is 595. The molecule has 3 nitrogen and oxygen atoms in total. The average molecular weight is 437 g/mol. The quantitative estimate of drug-likeness (QED) is 0.228. The van der Waals surface area contributed by atoms with E-state index in [1.807, 2.05) is 36.4 Å². The largest absolute Gasteiger partial charge is 0.345 e. The van der Waals surface area contributed by atoms with E-state index in [2.05, 4.69) is 33.0 Å². The zero-order valence-electron chi connectivity index (χ0n) is 19.7. The van der Waals surface area contributed by atoms with Crippen molar-refractivity contribution in [3.05, 3.63) is 42.0 Å². The number of rotatable bonds is 15. The number of halogens is 1. The SMILES string of the molecule is CCCCCCCCCCC(CCC)(NC(=O)C=Cc1ccccc1)C(C)(C)N.Cl. The van der Waals surface area contributed by atoms with Crippen LogP contribution in [-0.4, -0.2) is 17.0 Å². The second kappa shape index (κ2) is 15.5. The molecule has 1 rings (SSSR count). The van der Waals surface area contributed by atoms with E-state index in [0.29, 0.717) is 0 Å². The first-order valence-corrected chi connectivity index (χ1v) is 11.7. The van der Waals surface area contributed by atoms with Gasteiger partial charge in [-0.05, 0) is 38.3 Å². The molecule has 1 atom stereocenters. The van der Waals surface area contributed by atoms with Gasteiger partial charge in [0.25, 0.3) is 0 Å². The molecule has 0 bridgehead atoms. The van der Waals surface area contributed by atoms with Crippen LogP contribution in [0.15, 0.2) is 36.4 Å². The summed E-state index contributed by atoms with van der Waals surface area (Å²) in [6.45, 7) is 8.52. The fourth-order valence-corrected chi connectivity index (χ4v) is 4.06. The van der Waals surface area contributed by atoms with E-state index < -0.39 is 5.54 Å². The maximum absolute atomic E-state index is 12.7. The van der Waals surface area contributed by atoms with Gasteiger partial charge in [0, 0.05) is 11.6 Å². The number of amides is 1. The molecule has 0 heterocycles. The molecule has 0 saturated carbocycles. The van der Waals surface area contributed by atoms with Crippen LogP contribution in [0.3, 0.4) is 0 Å². The van der Waals surface area contributed by atoms with Crippen molar-refractivity contribution >= 4 is 24.4 Å². The summed E-state index contributed by atoms with van der Waals surface area (Å²) in [5.41, 5.74) is 6.80. The molecule has 0 aromatic heterocycles. The van der Waals surface area contributed by atoms with Gasteiger partial charge in [-0.2, -0.15) is 0 Å². The van der Waals surface area contributed by atoms with Gasteiger partial charge < -0.3 is 11.1 Å². The van der Waals surface area contributed by atoms with Crippen LogP contribution in [0.4, 0.5) is 0 Å². The molecule has 0 aliphatic carbocycles. The Morgan fingerprint density at radius 1 is 0.900 bits per heavy atom. The van der Waals surface area contributed by atoms with E-state index in [9.17, 15) is 4.79 Å². The molecule has 30 heavy (non-hydrogen) atoms. The highest BCUT2D eigenvalue weighted by molar-refractivity contribution is 5.92. The van der Waals surface area contributed by atoms with E-state index in [1.54, 1.807) is 6.08 Å². The lowest BCUT2D eigenvalue weighted by molar-refractivity contribution is -0.119. The van der Waals surface area contributed by atoms with Crippen LogP contribution < -0.4 is 11.1 Å². The Balaban J connectivity index is 0.00000841.